The topological polar surface area (TPSA) is 29.1 Å². The summed E-state index contributed by atoms with van der Waals surface area (Å²) in [4.78, 5) is 11.9. The van der Waals surface area contributed by atoms with E-state index in [9.17, 15) is 4.79 Å². The number of amides is 1. The maximum atomic E-state index is 11.9. The lowest BCUT2D eigenvalue weighted by molar-refractivity contribution is -0.125. The zero-order valence-electron chi connectivity index (χ0n) is 10.7. The molecule has 0 spiro atoms. The van der Waals surface area contributed by atoms with Crippen LogP contribution >= 0.6 is 11.6 Å². The van der Waals surface area contributed by atoms with Gasteiger partial charge in [-0.3, -0.25) is 4.79 Å². The average molecular weight is 254 g/mol. The second-order valence-electron chi connectivity index (χ2n) is 4.27. The van der Waals surface area contributed by atoms with Crippen LogP contribution in [0, 0.1) is 5.92 Å². The fraction of sp³-hybridized carbons (Fsp3) is 0.500. The molecule has 0 aliphatic rings. The number of benzene rings is 1. The Morgan fingerprint density at radius 3 is 2.41 bits per heavy atom. The van der Waals surface area contributed by atoms with Crippen molar-refractivity contribution in [1.82, 2.24) is 5.32 Å². The smallest absolute Gasteiger partial charge is 0.223 e. The molecule has 3 heteroatoms. The van der Waals surface area contributed by atoms with Gasteiger partial charge in [0.25, 0.3) is 0 Å². The molecule has 0 aromatic heterocycles. The Morgan fingerprint density at radius 2 is 1.88 bits per heavy atom. The number of nitrogens with one attached hydrogen (secondary N) is 1. The van der Waals surface area contributed by atoms with E-state index in [0.29, 0.717) is 5.02 Å². The van der Waals surface area contributed by atoms with Crippen molar-refractivity contribution < 1.29 is 4.79 Å². The summed E-state index contributed by atoms with van der Waals surface area (Å²) in [5.74, 6) is 0.211. The first-order valence-electron chi connectivity index (χ1n) is 6.14. The van der Waals surface area contributed by atoms with E-state index in [1.807, 2.05) is 45.0 Å². The monoisotopic (exact) mass is 253 g/mol. The van der Waals surface area contributed by atoms with Crippen LogP contribution in [0.15, 0.2) is 24.3 Å². The number of halogens is 1. The molecule has 0 heterocycles. The van der Waals surface area contributed by atoms with E-state index in [1.54, 1.807) is 0 Å². The van der Waals surface area contributed by atoms with Crippen LogP contribution in [0.5, 0.6) is 0 Å². The Hall–Kier alpha value is -1.02. The third kappa shape index (κ3) is 3.74. The van der Waals surface area contributed by atoms with E-state index in [2.05, 4.69) is 5.32 Å². The van der Waals surface area contributed by atoms with Crippen molar-refractivity contribution in [2.24, 2.45) is 5.92 Å². The molecule has 0 saturated carbocycles. The van der Waals surface area contributed by atoms with Gasteiger partial charge in [0.1, 0.15) is 0 Å². The van der Waals surface area contributed by atoms with Crippen molar-refractivity contribution in [3.8, 4) is 0 Å². The maximum absolute atomic E-state index is 11.9. The Kier molecular flexibility index (Phi) is 5.49. The van der Waals surface area contributed by atoms with E-state index in [4.69, 9.17) is 11.6 Å². The zero-order chi connectivity index (χ0) is 12.8. The summed E-state index contributed by atoms with van der Waals surface area (Å²) in [7, 11) is 0. The highest BCUT2D eigenvalue weighted by Gasteiger charge is 2.17. The summed E-state index contributed by atoms with van der Waals surface area (Å²) in [6.45, 7) is 6.03. The molecule has 17 heavy (non-hydrogen) atoms. The normalized spacial score (nSPS) is 12.5. The maximum Gasteiger partial charge on any atom is 0.223 e. The van der Waals surface area contributed by atoms with Crippen molar-refractivity contribution in [2.45, 2.75) is 39.7 Å². The number of hydrogen-bond donors (Lipinski definition) is 1. The number of carbonyl (C=O) groups is 1. The molecule has 1 rings (SSSR count). The van der Waals surface area contributed by atoms with Crippen LogP contribution in [0.2, 0.25) is 5.02 Å². The molecule has 1 atom stereocenters. The quantitative estimate of drug-likeness (QED) is 0.846. The highest BCUT2D eigenvalue weighted by atomic mass is 35.5. The molecular weight excluding hydrogens is 234 g/mol. The molecule has 1 unspecified atom stereocenters. The first kappa shape index (κ1) is 14.0. The average Bonchev–Trinajstić information content (AvgIpc) is 2.31. The van der Waals surface area contributed by atoms with E-state index in [1.165, 1.54) is 0 Å². The van der Waals surface area contributed by atoms with Crippen molar-refractivity contribution in [2.75, 3.05) is 0 Å². The Bertz CT molecular complexity index is 374. The molecule has 1 amide bonds. The minimum atomic E-state index is -0.0446. The van der Waals surface area contributed by atoms with Crippen molar-refractivity contribution in [3.05, 3.63) is 34.9 Å². The molecule has 2 nitrogen and oxygen atoms in total. The van der Waals surface area contributed by atoms with Crippen LogP contribution < -0.4 is 5.32 Å². The number of hydrogen-bond acceptors (Lipinski definition) is 1. The zero-order valence-corrected chi connectivity index (χ0v) is 11.4. The lowest BCUT2D eigenvalue weighted by Crippen LogP contribution is -2.32. The van der Waals surface area contributed by atoms with Gasteiger partial charge in [0.05, 0.1) is 6.04 Å². The molecule has 0 fully saturated rings. The van der Waals surface area contributed by atoms with Gasteiger partial charge in [-0.2, -0.15) is 0 Å². The van der Waals surface area contributed by atoms with Crippen molar-refractivity contribution >= 4 is 17.5 Å². The fourth-order valence-electron chi connectivity index (χ4n) is 1.89. The summed E-state index contributed by atoms with van der Waals surface area (Å²) in [6, 6.07) is 7.57. The van der Waals surface area contributed by atoms with Crippen LogP contribution in [0.4, 0.5) is 0 Å². The van der Waals surface area contributed by atoms with Gasteiger partial charge in [0.2, 0.25) is 5.91 Å². The van der Waals surface area contributed by atoms with Gasteiger partial charge in [-0.25, -0.2) is 0 Å². The second-order valence-corrected chi connectivity index (χ2v) is 4.67. The van der Waals surface area contributed by atoms with Gasteiger partial charge in [-0.15, -0.1) is 0 Å². The SMILES string of the molecule is CCC(CC)C(=O)NC(C)c1ccccc1Cl. The standard InChI is InChI=1S/C14H20ClNO/c1-4-11(5-2)14(17)16-10(3)12-8-6-7-9-13(12)15/h6-11H,4-5H2,1-3H3,(H,16,17). The Morgan fingerprint density at radius 1 is 1.29 bits per heavy atom. The van der Waals surface area contributed by atoms with E-state index in [-0.39, 0.29) is 17.9 Å². The summed E-state index contributed by atoms with van der Waals surface area (Å²) in [6.07, 6.45) is 1.75. The third-order valence-electron chi connectivity index (χ3n) is 3.09. The molecule has 0 radical (unpaired) electrons. The second kappa shape index (κ2) is 6.65. The molecule has 94 valence electrons. The lowest BCUT2D eigenvalue weighted by Gasteiger charge is -2.19. The number of rotatable bonds is 5. The molecule has 1 aromatic rings. The highest BCUT2D eigenvalue weighted by molar-refractivity contribution is 6.31. The first-order chi connectivity index (χ1) is 8.10. The Balaban J connectivity index is 2.70. The first-order valence-corrected chi connectivity index (χ1v) is 6.52. The molecule has 1 N–H and O–H groups in total. The van der Waals surface area contributed by atoms with Crippen LogP contribution in [-0.2, 0) is 4.79 Å². The molecule has 0 bridgehead atoms. The molecule has 1 aromatic carbocycles. The number of carbonyl (C=O) groups excluding carboxylic acids is 1. The van der Waals surface area contributed by atoms with Crippen LogP contribution in [0.25, 0.3) is 0 Å². The summed E-state index contributed by atoms with van der Waals surface area (Å²) in [5, 5.41) is 3.71. The van der Waals surface area contributed by atoms with Crippen LogP contribution in [0.3, 0.4) is 0 Å². The van der Waals surface area contributed by atoms with Crippen LogP contribution in [0.1, 0.15) is 45.2 Å². The minimum Gasteiger partial charge on any atom is -0.349 e. The Labute approximate surface area is 108 Å². The fourth-order valence-corrected chi connectivity index (χ4v) is 2.19. The third-order valence-corrected chi connectivity index (χ3v) is 3.43. The summed E-state index contributed by atoms with van der Waals surface area (Å²) in [5.41, 5.74) is 0.966. The van der Waals surface area contributed by atoms with Gasteiger partial charge in [-0.05, 0) is 31.4 Å². The predicted octanol–water partition coefficient (Wildman–Crippen LogP) is 3.95. The predicted molar refractivity (Wildman–Crippen MR) is 72.1 cm³/mol. The van der Waals surface area contributed by atoms with Gasteiger partial charge in [0, 0.05) is 10.9 Å². The van der Waals surface area contributed by atoms with Crippen molar-refractivity contribution in [1.29, 1.82) is 0 Å². The largest absolute Gasteiger partial charge is 0.349 e. The summed E-state index contributed by atoms with van der Waals surface area (Å²) < 4.78 is 0. The van der Waals surface area contributed by atoms with Gasteiger partial charge in [-0.1, -0.05) is 43.6 Å². The summed E-state index contributed by atoms with van der Waals surface area (Å²) >= 11 is 6.10. The van der Waals surface area contributed by atoms with E-state index in [0.717, 1.165) is 18.4 Å². The lowest BCUT2D eigenvalue weighted by atomic mass is 10.0. The molecule has 0 aliphatic heterocycles. The molecule has 0 saturated heterocycles. The van der Waals surface area contributed by atoms with Gasteiger partial charge >= 0.3 is 0 Å². The molecule has 0 aliphatic carbocycles. The van der Waals surface area contributed by atoms with Gasteiger partial charge < -0.3 is 5.32 Å². The van der Waals surface area contributed by atoms with E-state index < -0.39 is 0 Å². The van der Waals surface area contributed by atoms with Crippen molar-refractivity contribution in [3.63, 3.8) is 0 Å². The van der Waals surface area contributed by atoms with Gasteiger partial charge in [0.15, 0.2) is 0 Å². The molecular formula is C14H20ClNO. The highest BCUT2D eigenvalue weighted by Crippen LogP contribution is 2.22. The van der Waals surface area contributed by atoms with E-state index >= 15 is 0 Å². The van der Waals surface area contributed by atoms with Crippen LogP contribution in [-0.4, -0.2) is 5.91 Å². The minimum absolute atomic E-state index is 0.0446.